The minimum Gasteiger partial charge on any atom is -0.508 e. The molecule has 0 aliphatic rings. The molecule has 0 unspecified atom stereocenters. The fourth-order valence-electron chi connectivity index (χ4n) is 2.12. The SMILES string of the molecule is CSc1ccc2nccc(Nc3cc(O)ccc3Cl)c2c1. The fourth-order valence-corrected chi connectivity index (χ4v) is 2.72. The van der Waals surface area contributed by atoms with E-state index in [4.69, 9.17) is 11.6 Å². The summed E-state index contributed by atoms with van der Waals surface area (Å²) in [5.41, 5.74) is 2.48. The number of thioether (sulfide) groups is 1. The van der Waals surface area contributed by atoms with Crippen molar-refractivity contribution >= 4 is 45.6 Å². The Morgan fingerprint density at radius 3 is 2.76 bits per heavy atom. The Labute approximate surface area is 132 Å². The first-order valence-corrected chi connectivity index (χ1v) is 7.96. The van der Waals surface area contributed by atoms with Crippen LogP contribution in [-0.2, 0) is 0 Å². The van der Waals surface area contributed by atoms with Crippen LogP contribution in [0.25, 0.3) is 10.9 Å². The Balaban J connectivity index is 2.09. The molecule has 3 aromatic rings. The largest absolute Gasteiger partial charge is 0.508 e. The smallest absolute Gasteiger partial charge is 0.117 e. The van der Waals surface area contributed by atoms with E-state index in [0.717, 1.165) is 16.6 Å². The summed E-state index contributed by atoms with van der Waals surface area (Å²) in [6.07, 6.45) is 3.79. The van der Waals surface area contributed by atoms with E-state index in [1.54, 1.807) is 36.2 Å². The van der Waals surface area contributed by atoms with Crippen LogP contribution in [0.4, 0.5) is 11.4 Å². The molecule has 0 aliphatic heterocycles. The quantitative estimate of drug-likeness (QED) is 0.663. The number of rotatable bonds is 3. The summed E-state index contributed by atoms with van der Waals surface area (Å²) in [6, 6.07) is 12.9. The van der Waals surface area contributed by atoms with E-state index in [9.17, 15) is 5.11 Å². The third-order valence-electron chi connectivity index (χ3n) is 3.17. The third-order valence-corrected chi connectivity index (χ3v) is 4.22. The van der Waals surface area contributed by atoms with Gasteiger partial charge in [-0.15, -0.1) is 11.8 Å². The minimum atomic E-state index is 0.171. The molecule has 1 aromatic heterocycles. The van der Waals surface area contributed by atoms with Gasteiger partial charge in [0.25, 0.3) is 0 Å². The summed E-state index contributed by atoms with van der Waals surface area (Å²) in [6.45, 7) is 0. The zero-order valence-electron chi connectivity index (χ0n) is 11.3. The Bertz CT molecular complexity index is 807. The molecule has 106 valence electrons. The molecule has 2 aromatic carbocycles. The van der Waals surface area contributed by atoms with Crippen molar-refractivity contribution < 1.29 is 5.11 Å². The zero-order chi connectivity index (χ0) is 14.8. The average Bonchev–Trinajstić information content (AvgIpc) is 2.51. The molecule has 5 heteroatoms. The molecule has 0 fully saturated rings. The minimum absolute atomic E-state index is 0.171. The van der Waals surface area contributed by atoms with Gasteiger partial charge in [-0.1, -0.05) is 11.6 Å². The highest BCUT2D eigenvalue weighted by molar-refractivity contribution is 7.98. The highest BCUT2D eigenvalue weighted by Gasteiger charge is 2.07. The van der Waals surface area contributed by atoms with Crippen LogP contribution in [0.15, 0.2) is 53.6 Å². The van der Waals surface area contributed by atoms with Gasteiger partial charge in [-0.05, 0) is 42.7 Å². The van der Waals surface area contributed by atoms with E-state index in [0.29, 0.717) is 10.7 Å². The van der Waals surface area contributed by atoms with Gasteiger partial charge in [0.15, 0.2) is 0 Å². The summed E-state index contributed by atoms with van der Waals surface area (Å²) in [5, 5.41) is 14.4. The number of hydrogen-bond acceptors (Lipinski definition) is 4. The molecule has 0 bridgehead atoms. The van der Waals surface area contributed by atoms with Crippen molar-refractivity contribution in [1.82, 2.24) is 4.98 Å². The lowest BCUT2D eigenvalue weighted by atomic mass is 10.2. The van der Waals surface area contributed by atoms with Gasteiger partial charge in [-0.3, -0.25) is 4.98 Å². The van der Waals surface area contributed by atoms with Crippen molar-refractivity contribution in [3.63, 3.8) is 0 Å². The van der Waals surface area contributed by atoms with Crippen molar-refractivity contribution in [2.75, 3.05) is 11.6 Å². The maximum absolute atomic E-state index is 9.60. The highest BCUT2D eigenvalue weighted by Crippen LogP contribution is 2.32. The van der Waals surface area contributed by atoms with Crippen LogP contribution < -0.4 is 5.32 Å². The Hall–Kier alpha value is -1.91. The molecule has 0 atom stereocenters. The van der Waals surface area contributed by atoms with Gasteiger partial charge < -0.3 is 10.4 Å². The second-order valence-electron chi connectivity index (χ2n) is 4.53. The van der Waals surface area contributed by atoms with Crippen LogP contribution in [0.3, 0.4) is 0 Å². The molecular formula is C16H13ClN2OS. The number of nitrogens with one attached hydrogen (secondary N) is 1. The molecule has 0 spiro atoms. The van der Waals surface area contributed by atoms with Crippen molar-refractivity contribution in [2.24, 2.45) is 0 Å². The van der Waals surface area contributed by atoms with Gasteiger partial charge in [-0.2, -0.15) is 0 Å². The first kappa shape index (κ1) is 14.0. The van der Waals surface area contributed by atoms with Crippen molar-refractivity contribution in [1.29, 1.82) is 0 Å². The maximum atomic E-state index is 9.60. The second-order valence-corrected chi connectivity index (χ2v) is 5.82. The van der Waals surface area contributed by atoms with E-state index < -0.39 is 0 Å². The van der Waals surface area contributed by atoms with Crippen LogP contribution in [0.2, 0.25) is 5.02 Å². The van der Waals surface area contributed by atoms with Crippen LogP contribution >= 0.6 is 23.4 Å². The number of benzene rings is 2. The first-order valence-electron chi connectivity index (χ1n) is 6.35. The standard InChI is InChI=1S/C16H13ClN2OS/c1-21-11-3-5-14-12(9-11)15(6-7-18-14)19-16-8-10(20)2-4-13(16)17/h2-9,20H,1H3,(H,18,19). The normalized spacial score (nSPS) is 10.8. The summed E-state index contributed by atoms with van der Waals surface area (Å²) in [4.78, 5) is 5.53. The molecule has 0 saturated carbocycles. The Morgan fingerprint density at radius 2 is 1.95 bits per heavy atom. The number of phenols is 1. The summed E-state index contributed by atoms with van der Waals surface area (Å²) < 4.78 is 0. The van der Waals surface area contributed by atoms with Crippen LogP contribution in [0.1, 0.15) is 0 Å². The molecule has 3 nitrogen and oxygen atoms in total. The first-order chi connectivity index (χ1) is 10.2. The molecule has 2 N–H and O–H groups in total. The Kier molecular flexibility index (Phi) is 3.90. The van der Waals surface area contributed by atoms with Gasteiger partial charge in [0.05, 0.1) is 16.2 Å². The molecule has 0 amide bonds. The number of phenolic OH excluding ortho intramolecular Hbond substituents is 1. The number of aromatic nitrogens is 1. The van der Waals surface area contributed by atoms with E-state index in [1.165, 1.54) is 4.90 Å². The molecular weight excluding hydrogens is 304 g/mol. The maximum Gasteiger partial charge on any atom is 0.117 e. The molecule has 0 aliphatic carbocycles. The molecule has 0 radical (unpaired) electrons. The Morgan fingerprint density at radius 1 is 1.10 bits per heavy atom. The molecule has 0 saturated heterocycles. The van der Waals surface area contributed by atoms with E-state index >= 15 is 0 Å². The number of halogens is 1. The van der Waals surface area contributed by atoms with Gasteiger partial charge in [-0.25, -0.2) is 0 Å². The van der Waals surface area contributed by atoms with Gasteiger partial charge in [0.2, 0.25) is 0 Å². The monoisotopic (exact) mass is 316 g/mol. The fraction of sp³-hybridized carbons (Fsp3) is 0.0625. The topological polar surface area (TPSA) is 45.2 Å². The molecule has 3 rings (SSSR count). The summed E-state index contributed by atoms with van der Waals surface area (Å²) in [7, 11) is 0. The molecule has 1 heterocycles. The summed E-state index contributed by atoms with van der Waals surface area (Å²) in [5.74, 6) is 0.171. The highest BCUT2D eigenvalue weighted by atomic mass is 35.5. The number of hydrogen-bond donors (Lipinski definition) is 2. The number of fused-ring (bicyclic) bond motifs is 1. The van der Waals surface area contributed by atoms with Crippen molar-refractivity contribution in [3.8, 4) is 5.75 Å². The second kappa shape index (κ2) is 5.84. The van der Waals surface area contributed by atoms with Gasteiger partial charge in [0, 0.05) is 28.2 Å². The van der Waals surface area contributed by atoms with E-state index in [1.807, 2.05) is 24.5 Å². The van der Waals surface area contributed by atoms with Crippen molar-refractivity contribution in [2.45, 2.75) is 4.90 Å². The van der Waals surface area contributed by atoms with E-state index in [-0.39, 0.29) is 5.75 Å². The zero-order valence-corrected chi connectivity index (χ0v) is 12.9. The number of pyridine rings is 1. The average molecular weight is 317 g/mol. The summed E-state index contributed by atoms with van der Waals surface area (Å²) >= 11 is 7.85. The number of anilines is 2. The van der Waals surface area contributed by atoms with E-state index in [2.05, 4.69) is 16.4 Å². The lowest BCUT2D eigenvalue weighted by Gasteiger charge is -2.12. The number of aromatic hydroxyl groups is 1. The van der Waals surface area contributed by atoms with Crippen LogP contribution in [-0.4, -0.2) is 16.3 Å². The predicted molar refractivity (Wildman–Crippen MR) is 89.9 cm³/mol. The third kappa shape index (κ3) is 2.91. The number of nitrogens with zero attached hydrogens (tertiary/aromatic N) is 1. The van der Waals surface area contributed by atoms with Crippen LogP contribution in [0.5, 0.6) is 5.75 Å². The van der Waals surface area contributed by atoms with Gasteiger partial charge >= 0.3 is 0 Å². The lowest BCUT2D eigenvalue weighted by molar-refractivity contribution is 0.475. The van der Waals surface area contributed by atoms with Crippen LogP contribution in [0, 0.1) is 0 Å². The predicted octanol–water partition coefficient (Wildman–Crippen LogP) is 5.06. The van der Waals surface area contributed by atoms with Gasteiger partial charge in [0.1, 0.15) is 5.75 Å². The lowest BCUT2D eigenvalue weighted by Crippen LogP contribution is -1.93. The molecule has 21 heavy (non-hydrogen) atoms. The van der Waals surface area contributed by atoms with Crippen molar-refractivity contribution in [3.05, 3.63) is 53.7 Å².